The number of alkyl halides is 3. The van der Waals surface area contributed by atoms with Gasteiger partial charge in [0.1, 0.15) is 0 Å². The van der Waals surface area contributed by atoms with Gasteiger partial charge in [0.2, 0.25) is 5.91 Å². The molecule has 0 aliphatic rings. The van der Waals surface area contributed by atoms with E-state index in [1.54, 1.807) is 0 Å². The first-order valence-electron chi connectivity index (χ1n) is 6.61. The Kier molecular flexibility index (Phi) is 6.18. The van der Waals surface area contributed by atoms with Crippen molar-refractivity contribution < 1.29 is 27.5 Å². The molecular weight excluding hydrogens is 313 g/mol. The number of hydrogen-bond donors (Lipinski definition) is 1. The van der Waals surface area contributed by atoms with E-state index in [-0.39, 0.29) is 17.8 Å². The molecular formula is C15H17F3N2O3. The van der Waals surface area contributed by atoms with Crippen LogP contribution in [0.5, 0.6) is 0 Å². The summed E-state index contributed by atoms with van der Waals surface area (Å²) < 4.78 is 41.5. The van der Waals surface area contributed by atoms with E-state index in [2.05, 4.69) is 16.6 Å². The molecule has 0 aliphatic heterocycles. The zero-order valence-electron chi connectivity index (χ0n) is 12.7. The lowest BCUT2D eigenvalue weighted by molar-refractivity contribution is -0.132. The topological polar surface area (TPSA) is 58.6 Å². The number of amides is 1. The van der Waals surface area contributed by atoms with Crippen LogP contribution in [0.1, 0.15) is 16.8 Å². The lowest BCUT2D eigenvalue weighted by Gasteiger charge is -2.21. The SMILES string of the molecule is C=CC(=O)Nc1cc(N(C)CCC(F)(F)F)ccc1C(=O)OC. The minimum atomic E-state index is -4.26. The first-order valence-corrected chi connectivity index (χ1v) is 6.61. The molecule has 0 unspecified atom stereocenters. The molecule has 0 atom stereocenters. The first-order chi connectivity index (χ1) is 10.7. The molecule has 1 rings (SSSR count). The van der Waals surface area contributed by atoms with Crippen molar-refractivity contribution in [2.24, 2.45) is 0 Å². The first kappa shape index (κ1) is 18.5. The van der Waals surface area contributed by atoms with E-state index in [9.17, 15) is 22.8 Å². The summed E-state index contributed by atoms with van der Waals surface area (Å²) in [5, 5.41) is 2.44. The third-order valence-electron chi connectivity index (χ3n) is 3.02. The van der Waals surface area contributed by atoms with Gasteiger partial charge in [-0.2, -0.15) is 13.2 Å². The van der Waals surface area contributed by atoms with Gasteiger partial charge in [0, 0.05) is 19.3 Å². The average Bonchev–Trinajstić information content (AvgIpc) is 2.50. The quantitative estimate of drug-likeness (QED) is 0.643. The molecule has 0 radical (unpaired) electrons. The fraction of sp³-hybridized carbons (Fsp3) is 0.333. The van der Waals surface area contributed by atoms with E-state index in [4.69, 9.17) is 0 Å². The summed E-state index contributed by atoms with van der Waals surface area (Å²) in [6, 6.07) is 4.26. The number of nitrogens with zero attached hydrogens (tertiary/aromatic N) is 1. The van der Waals surface area contributed by atoms with Gasteiger partial charge in [-0.05, 0) is 24.3 Å². The number of carbonyl (C=O) groups is 2. The number of rotatable bonds is 6. The van der Waals surface area contributed by atoms with Gasteiger partial charge in [-0.25, -0.2) is 4.79 Å². The van der Waals surface area contributed by atoms with Crippen molar-refractivity contribution in [2.75, 3.05) is 30.9 Å². The van der Waals surface area contributed by atoms with Gasteiger partial charge >= 0.3 is 12.1 Å². The summed E-state index contributed by atoms with van der Waals surface area (Å²) in [5.74, 6) is -1.22. The van der Waals surface area contributed by atoms with Crippen molar-refractivity contribution in [1.29, 1.82) is 0 Å². The molecule has 0 aromatic heterocycles. The van der Waals surface area contributed by atoms with E-state index >= 15 is 0 Å². The average molecular weight is 330 g/mol. The molecule has 0 saturated carbocycles. The second kappa shape index (κ2) is 7.66. The molecule has 1 amide bonds. The van der Waals surface area contributed by atoms with Gasteiger partial charge in [-0.1, -0.05) is 6.58 Å². The van der Waals surface area contributed by atoms with E-state index in [1.807, 2.05) is 0 Å². The van der Waals surface area contributed by atoms with Crippen molar-refractivity contribution >= 4 is 23.3 Å². The molecule has 5 nitrogen and oxygen atoms in total. The molecule has 8 heteroatoms. The van der Waals surface area contributed by atoms with Crippen LogP contribution in [0, 0.1) is 0 Å². The third kappa shape index (κ3) is 5.65. The van der Waals surface area contributed by atoms with Crippen molar-refractivity contribution in [3.05, 3.63) is 36.4 Å². The minimum Gasteiger partial charge on any atom is -0.465 e. The highest BCUT2D eigenvalue weighted by molar-refractivity contribution is 6.05. The van der Waals surface area contributed by atoms with Crippen molar-refractivity contribution in [3.8, 4) is 0 Å². The van der Waals surface area contributed by atoms with E-state index < -0.39 is 24.5 Å². The van der Waals surface area contributed by atoms with Crippen LogP contribution in [0.2, 0.25) is 0 Å². The Morgan fingerprint density at radius 1 is 1.39 bits per heavy atom. The summed E-state index contributed by atoms with van der Waals surface area (Å²) in [6.45, 7) is 3.05. The Morgan fingerprint density at radius 2 is 2.04 bits per heavy atom. The largest absolute Gasteiger partial charge is 0.465 e. The van der Waals surface area contributed by atoms with Crippen LogP contribution in [-0.4, -0.2) is 38.8 Å². The number of nitrogens with one attached hydrogen (secondary N) is 1. The summed E-state index contributed by atoms with van der Waals surface area (Å²) in [6.07, 6.45) is -4.22. The molecule has 0 spiro atoms. The number of methoxy groups -OCH3 is 1. The van der Waals surface area contributed by atoms with Gasteiger partial charge < -0.3 is 15.0 Å². The minimum absolute atomic E-state index is 0.0932. The predicted octanol–water partition coefficient (Wildman–Crippen LogP) is 2.99. The molecule has 1 N–H and O–H groups in total. The number of carbonyl (C=O) groups excluding carboxylic acids is 2. The lowest BCUT2D eigenvalue weighted by Crippen LogP contribution is -2.24. The van der Waals surface area contributed by atoms with Crippen LogP contribution in [0.3, 0.4) is 0 Å². The number of benzene rings is 1. The van der Waals surface area contributed by atoms with Crippen LogP contribution < -0.4 is 10.2 Å². The van der Waals surface area contributed by atoms with Crippen LogP contribution >= 0.6 is 0 Å². The zero-order valence-corrected chi connectivity index (χ0v) is 12.7. The second-order valence-electron chi connectivity index (χ2n) is 4.70. The Hall–Kier alpha value is -2.51. The van der Waals surface area contributed by atoms with E-state index in [0.717, 1.165) is 6.08 Å². The second-order valence-corrected chi connectivity index (χ2v) is 4.70. The fourth-order valence-corrected chi connectivity index (χ4v) is 1.77. The Bertz CT molecular complexity index is 600. The van der Waals surface area contributed by atoms with E-state index in [0.29, 0.717) is 5.69 Å². The molecule has 23 heavy (non-hydrogen) atoms. The third-order valence-corrected chi connectivity index (χ3v) is 3.02. The highest BCUT2D eigenvalue weighted by atomic mass is 19.4. The number of anilines is 2. The molecule has 1 aromatic carbocycles. The molecule has 126 valence electrons. The monoisotopic (exact) mass is 330 g/mol. The predicted molar refractivity (Wildman–Crippen MR) is 80.6 cm³/mol. The Labute approximate surface area is 131 Å². The molecule has 0 saturated heterocycles. The van der Waals surface area contributed by atoms with Crippen molar-refractivity contribution in [2.45, 2.75) is 12.6 Å². The Morgan fingerprint density at radius 3 is 2.57 bits per heavy atom. The van der Waals surface area contributed by atoms with Gasteiger partial charge in [-0.3, -0.25) is 4.79 Å². The molecule has 0 fully saturated rings. The maximum Gasteiger partial charge on any atom is 0.390 e. The Balaban J connectivity index is 3.06. The summed E-state index contributed by atoms with van der Waals surface area (Å²) in [4.78, 5) is 24.5. The standard InChI is InChI=1S/C15H17F3N2O3/c1-4-13(21)19-12-9-10(5-6-11(12)14(22)23-3)20(2)8-7-15(16,17)18/h4-6,9H,1,7-8H2,2-3H3,(H,19,21). The van der Waals surface area contributed by atoms with Gasteiger partial charge in [0.15, 0.2) is 0 Å². The van der Waals surface area contributed by atoms with Gasteiger partial charge in [0.05, 0.1) is 24.8 Å². The van der Waals surface area contributed by atoms with E-state index in [1.165, 1.54) is 37.3 Å². The lowest BCUT2D eigenvalue weighted by atomic mass is 10.1. The maximum atomic E-state index is 12.3. The molecule has 0 aliphatic carbocycles. The van der Waals surface area contributed by atoms with Crippen LogP contribution in [0.25, 0.3) is 0 Å². The smallest absolute Gasteiger partial charge is 0.390 e. The highest BCUT2D eigenvalue weighted by Gasteiger charge is 2.27. The normalized spacial score (nSPS) is 10.8. The number of hydrogen-bond acceptors (Lipinski definition) is 4. The number of esters is 1. The van der Waals surface area contributed by atoms with Gasteiger partial charge in [-0.15, -0.1) is 0 Å². The number of halogens is 3. The molecule has 0 bridgehead atoms. The highest BCUT2D eigenvalue weighted by Crippen LogP contribution is 2.26. The fourth-order valence-electron chi connectivity index (χ4n) is 1.77. The molecule has 1 aromatic rings. The van der Waals surface area contributed by atoms with Crippen LogP contribution in [0.4, 0.5) is 24.5 Å². The van der Waals surface area contributed by atoms with Crippen molar-refractivity contribution in [3.63, 3.8) is 0 Å². The summed E-state index contributed by atoms with van der Waals surface area (Å²) in [5.41, 5.74) is 0.648. The van der Waals surface area contributed by atoms with Crippen LogP contribution in [0.15, 0.2) is 30.9 Å². The van der Waals surface area contributed by atoms with Gasteiger partial charge in [0.25, 0.3) is 0 Å². The number of ether oxygens (including phenoxy) is 1. The van der Waals surface area contributed by atoms with Crippen molar-refractivity contribution in [1.82, 2.24) is 0 Å². The van der Waals surface area contributed by atoms with Crippen LogP contribution in [-0.2, 0) is 9.53 Å². The summed E-state index contributed by atoms with van der Waals surface area (Å²) >= 11 is 0. The molecule has 0 heterocycles. The zero-order chi connectivity index (χ0) is 17.6. The summed E-state index contributed by atoms with van der Waals surface area (Å²) in [7, 11) is 2.67. The maximum absolute atomic E-state index is 12.3.